The second kappa shape index (κ2) is 4.98. The average Bonchev–Trinajstić information content (AvgIpc) is 2.73. The third-order valence-corrected chi connectivity index (χ3v) is 4.42. The fraction of sp³-hybridized carbons (Fsp3) is 0.357. The van der Waals surface area contributed by atoms with Crippen molar-refractivity contribution in [2.24, 2.45) is 0 Å². The van der Waals surface area contributed by atoms with Crippen LogP contribution < -0.4 is 10.1 Å². The lowest BCUT2D eigenvalue weighted by atomic mass is 10.0. The van der Waals surface area contributed by atoms with E-state index >= 15 is 0 Å². The van der Waals surface area contributed by atoms with Crippen molar-refractivity contribution < 1.29 is 4.74 Å². The molecular weight excluding hydrogens is 244 g/mol. The zero-order chi connectivity index (χ0) is 13.3. The number of nitrogens with zero attached hydrogens (tertiary/aromatic N) is 1. The van der Waals surface area contributed by atoms with Gasteiger partial charge in [0, 0.05) is 12.6 Å². The number of anilines is 1. The first-order valence-corrected chi connectivity index (χ1v) is 6.70. The van der Waals surface area contributed by atoms with E-state index in [1.807, 2.05) is 20.0 Å². The second-order valence-electron chi connectivity index (χ2n) is 4.25. The molecule has 0 aliphatic heterocycles. The summed E-state index contributed by atoms with van der Waals surface area (Å²) in [6.45, 7) is 6.22. The van der Waals surface area contributed by atoms with Crippen LogP contribution in [0.15, 0.2) is 12.1 Å². The van der Waals surface area contributed by atoms with Crippen LogP contribution in [0.3, 0.4) is 0 Å². The summed E-state index contributed by atoms with van der Waals surface area (Å²) in [5.74, 6) is 0.929. The van der Waals surface area contributed by atoms with Crippen LogP contribution >= 0.6 is 11.3 Å². The van der Waals surface area contributed by atoms with Crippen LogP contribution in [-0.2, 0) is 0 Å². The van der Waals surface area contributed by atoms with Crippen LogP contribution in [0.25, 0.3) is 10.6 Å². The number of hydrogen-bond acceptors (Lipinski definition) is 4. The number of rotatable bonds is 3. The average molecular weight is 262 g/mol. The summed E-state index contributed by atoms with van der Waals surface area (Å²) in [4.78, 5) is 4.62. The number of ether oxygens (including phenoxy) is 1. The Morgan fingerprint density at radius 3 is 2.44 bits per heavy atom. The van der Waals surface area contributed by atoms with Gasteiger partial charge in [-0.25, -0.2) is 4.98 Å². The molecule has 3 nitrogen and oxygen atoms in total. The van der Waals surface area contributed by atoms with Gasteiger partial charge in [-0.2, -0.15) is 0 Å². The largest absolute Gasteiger partial charge is 0.496 e. The van der Waals surface area contributed by atoms with E-state index in [1.54, 1.807) is 18.4 Å². The fourth-order valence-corrected chi connectivity index (χ4v) is 2.99. The lowest BCUT2D eigenvalue weighted by Gasteiger charge is -2.10. The molecule has 0 unspecified atom stereocenters. The van der Waals surface area contributed by atoms with Crippen LogP contribution in [0.2, 0.25) is 0 Å². The quantitative estimate of drug-likeness (QED) is 0.914. The number of aromatic nitrogens is 1. The number of nitrogens with one attached hydrogen (secondary N) is 1. The van der Waals surface area contributed by atoms with E-state index in [2.05, 4.69) is 30.2 Å². The summed E-state index contributed by atoms with van der Waals surface area (Å²) in [5.41, 5.74) is 4.63. The summed E-state index contributed by atoms with van der Waals surface area (Å²) in [7, 11) is 3.63. The van der Waals surface area contributed by atoms with Crippen LogP contribution in [0, 0.1) is 20.8 Å². The van der Waals surface area contributed by atoms with E-state index in [-0.39, 0.29) is 0 Å². The first-order valence-electron chi connectivity index (χ1n) is 5.88. The molecule has 0 bridgehead atoms. The number of thiazole rings is 1. The zero-order valence-electron chi connectivity index (χ0n) is 11.4. The third-order valence-electron chi connectivity index (χ3n) is 3.21. The highest BCUT2D eigenvalue weighted by atomic mass is 32.1. The van der Waals surface area contributed by atoms with Gasteiger partial charge in [-0.05, 0) is 44.0 Å². The fourth-order valence-electron chi connectivity index (χ4n) is 1.99. The number of benzene rings is 1. The minimum Gasteiger partial charge on any atom is -0.496 e. The Morgan fingerprint density at radius 2 is 1.89 bits per heavy atom. The number of hydrogen-bond donors (Lipinski definition) is 1. The first kappa shape index (κ1) is 12.9. The first-order chi connectivity index (χ1) is 8.58. The van der Waals surface area contributed by atoms with Gasteiger partial charge in [-0.3, -0.25) is 0 Å². The van der Waals surface area contributed by atoms with E-state index in [4.69, 9.17) is 4.74 Å². The van der Waals surface area contributed by atoms with E-state index in [9.17, 15) is 0 Å². The van der Waals surface area contributed by atoms with E-state index in [0.717, 1.165) is 21.5 Å². The Balaban J connectivity index is 2.54. The van der Waals surface area contributed by atoms with Gasteiger partial charge in [0.05, 0.1) is 12.8 Å². The molecule has 0 amide bonds. The molecule has 1 aromatic carbocycles. The molecule has 1 heterocycles. The summed E-state index contributed by atoms with van der Waals surface area (Å²) >= 11 is 1.69. The van der Waals surface area contributed by atoms with Gasteiger partial charge in [0.1, 0.15) is 15.8 Å². The molecule has 2 aromatic rings. The molecule has 1 aromatic heterocycles. The van der Waals surface area contributed by atoms with Crippen LogP contribution in [0.4, 0.5) is 5.00 Å². The van der Waals surface area contributed by atoms with Crippen molar-refractivity contribution in [2.75, 3.05) is 19.5 Å². The van der Waals surface area contributed by atoms with Gasteiger partial charge in [0.15, 0.2) is 0 Å². The third kappa shape index (κ3) is 2.08. The summed E-state index contributed by atoms with van der Waals surface area (Å²) < 4.78 is 5.34. The molecule has 0 fully saturated rings. The summed E-state index contributed by atoms with van der Waals surface area (Å²) in [6, 6.07) is 4.09. The smallest absolute Gasteiger partial charge is 0.125 e. The molecule has 1 N–H and O–H groups in total. The molecule has 0 saturated carbocycles. The maximum Gasteiger partial charge on any atom is 0.125 e. The molecule has 96 valence electrons. The Labute approximate surface area is 112 Å². The van der Waals surface area contributed by atoms with Crippen LogP contribution in [0.1, 0.15) is 16.8 Å². The van der Waals surface area contributed by atoms with Gasteiger partial charge in [-0.1, -0.05) is 11.3 Å². The van der Waals surface area contributed by atoms with Gasteiger partial charge in [0.2, 0.25) is 0 Å². The number of methoxy groups -OCH3 is 1. The van der Waals surface area contributed by atoms with Crippen molar-refractivity contribution in [1.82, 2.24) is 4.98 Å². The normalized spacial score (nSPS) is 10.5. The topological polar surface area (TPSA) is 34.1 Å². The van der Waals surface area contributed by atoms with Gasteiger partial charge in [0.25, 0.3) is 0 Å². The van der Waals surface area contributed by atoms with Crippen molar-refractivity contribution in [3.63, 3.8) is 0 Å². The SMILES string of the molecule is CNc1sc(-c2ccc(OC)c(C)c2C)nc1C. The highest BCUT2D eigenvalue weighted by Crippen LogP contribution is 2.36. The highest BCUT2D eigenvalue weighted by molar-refractivity contribution is 7.19. The lowest BCUT2D eigenvalue weighted by Crippen LogP contribution is -1.92. The van der Waals surface area contributed by atoms with Crippen molar-refractivity contribution in [2.45, 2.75) is 20.8 Å². The minimum atomic E-state index is 0.929. The Bertz CT molecular complexity index is 575. The Kier molecular flexibility index (Phi) is 3.57. The monoisotopic (exact) mass is 262 g/mol. The summed E-state index contributed by atoms with van der Waals surface area (Å²) in [5, 5.41) is 5.35. The van der Waals surface area contributed by atoms with Crippen molar-refractivity contribution in [3.05, 3.63) is 29.0 Å². The standard InChI is InChI=1S/C14H18N2OS/c1-8-9(2)12(17-5)7-6-11(8)14-16-10(3)13(15-4)18-14/h6-7,15H,1-5H3. The van der Waals surface area contributed by atoms with E-state index < -0.39 is 0 Å². The summed E-state index contributed by atoms with van der Waals surface area (Å²) in [6.07, 6.45) is 0. The molecule has 0 radical (unpaired) electrons. The Hall–Kier alpha value is -1.55. The number of aryl methyl sites for hydroxylation is 1. The van der Waals surface area contributed by atoms with Gasteiger partial charge < -0.3 is 10.1 Å². The van der Waals surface area contributed by atoms with E-state index in [1.165, 1.54) is 16.7 Å². The van der Waals surface area contributed by atoms with Gasteiger partial charge in [-0.15, -0.1) is 0 Å². The van der Waals surface area contributed by atoms with Crippen LogP contribution in [0.5, 0.6) is 5.75 Å². The molecule has 0 aliphatic carbocycles. The van der Waals surface area contributed by atoms with E-state index in [0.29, 0.717) is 0 Å². The Morgan fingerprint density at radius 1 is 1.17 bits per heavy atom. The molecule has 18 heavy (non-hydrogen) atoms. The van der Waals surface area contributed by atoms with Crippen LogP contribution in [-0.4, -0.2) is 19.1 Å². The highest BCUT2D eigenvalue weighted by Gasteiger charge is 2.13. The maximum absolute atomic E-state index is 5.34. The predicted octanol–water partition coefficient (Wildman–Crippen LogP) is 3.79. The molecule has 4 heteroatoms. The molecular formula is C14H18N2OS. The van der Waals surface area contributed by atoms with Crippen molar-refractivity contribution in [1.29, 1.82) is 0 Å². The maximum atomic E-state index is 5.34. The molecule has 0 spiro atoms. The minimum absolute atomic E-state index is 0.929. The molecule has 2 rings (SSSR count). The second-order valence-corrected chi connectivity index (χ2v) is 5.25. The molecule has 0 atom stereocenters. The molecule has 0 saturated heterocycles. The zero-order valence-corrected chi connectivity index (χ0v) is 12.2. The molecule has 0 aliphatic rings. The van der Waals surface area contributed by atoms with Crippen molar-refractivity contribution >= 4 is 16.3 Å². The lowest BCUT2D eigenvalue weighted by molar-refractivity contribution is 0.411. The van der Waals surface area contributed by atoms with Gasteiger partial charge >= 0.3 is 0 Å². The predicted molar refractivity (Wildman–Crippen MR) is 77.9 cm³/mol. The van der Waals surface area contributed by atoms with Crippen molar-refractivity contribution in [3.8, 4) is 16.3 Å².